The van der Waals surface area contributed by atoms with Gasteiger partial charge in [-0.2, -0.15) is 5.10 Å². The van der Waals surface area contributed by atoms with Gasteiger partial charge in [0.25, 0.3) is 5.56 Å². The number of aromatic nitrogens is 2. The topological polar surface area (TPSA) is 108 Å². The Balaban J connectivity index is 2.13. The molecule has 1 saturated heterocycles. The molecule has 0 saturated carbocycles. The second kappa shape index (κ2) is 7.45. The molecule has 0 aliphatic carbocycles. The number of nitrogens with zero attached hydrogens (tertiary/aromatic N) is 3. The number of hydrogen-bond donors (Lipinski definition) is 1. The Hall–Kier alpha value is -2.09. The van der Waals surface area contributed by atoms with Gasteiger partial charge in [0.15, 0.2) is 0 Å². The quantitative estimate of drug-likeness (QED) is 0.764. The lowest BCUT2D eigenvalue weighted by atomic mass is 9.96. The summed E-state index contributed by atoms with van der Waals surface area (Å²) >= 11 is 6.13. The first-order valence-electron chi connectivity index (χ1n) is 7.39. The van der Waals surface area contributed by atoms with Gasteiger partial charge in [-0.05, 0) is 19.8 Å². The molecule has 23 heavy (non-hydrogen) atoms. The molecule has 1 aromatic heterocycles. The second-order valence-electron chi connectivity index (χ2n) is 5.28. The highest BCUT2D eigenvalue weighted by molar-refractivity contribution is 6.33. The van der Waals surface area contributed by atoms with Crippen LogP contribution in [0.4, 0.5) is 5.69 Å². The van der Waals surface area contributed by atoms with Gasteiger partial charge >= 0.3 is 5.97 Å². The molecule has 8 nitrogen and oxygen atoms in total. The zero-order chi connectivity index (χ0) is 17.0. The molecule has 0 atom stereocenters. The molecule has 1 aromatic rings. The van der Waals surface area contributed by atoms with Crippen molar-refractivity contribution in [3.05, 3.63) is 21.6 Å². The van der Waals surface area contributed by atoms with Gasteiger partial charge in [0.05, 0.1) is 18.5 Å². The van der Waals surface area contributed by atoms with E-state index in [9.17, 15) is 14.4 Å². The molecule has 0 spiro atoms. The normalized spacial score (nSPS) is 15.5. The standard InChI is InChI=1S/C14H19ClN4O4/c1-2-23-11(20)8-19-14(22)12(15)10(7-17-19)18-5-3-9(4-6-18)13(16)21/h7,9H,2-6,8H2,1H3,(H2,16,21). The van der Waals surface area contributed by atoms with Crippen LogP contribution in [0.2, 0.25) is 5.02 Å². The van der Waals surface area contributed by atoms with E-state index in [1.807, 2.05) is 4.90 Å². The molecule has 2 rings (SSSR count). The van der Waals surface area contributed by atoms with Crippen LogP contribution in [-0.4, -0.2) is 41.4 Å². The van der Waals surface area contributed by atoms with Crippen LogP contribution in [0, 0.1) is 5.92 Å². The number of rotatable bonds is 5. The summed E-state index contributed by atoms with van der Waals surface area (Å²) in [5, 5.41) is 3.98. The summed E-state index contributed by atoms with van der Waals surface area (Å²) in [6, 6.07) is 0. The maximum absolute atomic E-state index is 12.2. The Morgan fingerprint density at radius 1 is 1.43 bits per heavy atom. The van der Waals surface area contributed by atoms with E-state index in [1.54, 1.807) is 6.92 Å². The van der Waals surface area contributed by atoms with Crippen LogP contribution in [0.1, 0.15) is 19.8 Å². The molecular formula is C14H19ClN4O4. The zero-order valence-corrected chi connectivity index (χ0v) is 13.6. The first-order chi connectivity index (χ1) is 10.9. The predicted molar refractivity (Wildman–Crippen MR) is 84.3 cm³/mol. The number of ether oxygens (including phenoxy) is 1. The van der Waals surface area contributed by atoms with Crippen molar-refractivity contribution in [1.29, 1.82) is 0 Å². The molecule has 0 unspecified atom stereocenters. The van der Waals surface area contributed by atoms with Gasteiger partial charge in [-0.1, -0.05) is 11.6 Å². The van der Waals surface area contributed by atoms with E-state index in [2.05, 4.69) is 5.10 Å². The summed E-state index contributed by atoms with van der Waals surface area (Å²) in [6.45, 7) is 2.76. The van der Waals surface area contributed by atoms with Crippen molar-refractivity contribution in [2.45, 2.75) is 26.3 Å². The van der Waals surface area contributed by atoms with Crippen molar-refractivity contribution in [3.8, 4) is 0 Å². The summed E-state index contributed by atoms with van der Waals surface area (Å²) in [4.78, 5) is 36.7. The molecule has 2 N–H and O–H groups in total. The van der Waals surface area contributed by atoms with Crippen LogP contribution >= 0.6 is 11.6 Å². The van der Waals surface area contributed by atoms with Crippen LogP contribution < -0.4 is 16.2 Å². The second-order valence-corrected chi connectivity index (χ2v) is 5.65. The number of halogens is 1. The van der Waals surface area contributed by atoms with Gasteiger partial charge in [0, 0.05) is 19.0 Å². The first kappa shape index (κ1) is 17.3. The number of esters is 1. The fourth-order valence-electron chi connectivity index (χ4n) is 2.52. The lowest BCUT2D eigenvalue weighted by Crippen LogP contribution is -2.40. The number of carbonyl (C=O) groups excluding carboxylic acids is 2. The molecular weight excluding hydrogens is 324 g/mol. The molecule has 0 aromatic carbocycles. The van der Waals surface area contributed by atoms with Gasteiger partial charge in [0.1, 0.15) is 11.6 Å². The van der Waals surface area contributed by atoms with Crippen LogP contribution in [0.5, 0.6) is 0 Å². The predicted octanol–water partition coefficient (Wildman–Crippen LogP) is 0.162. The summed E-state index contributed by atoms with van der Waals surface area (Å²) in [7, 11) is 0. The van der Waals surface area contributed by atoms with Crippen molar-refractivity contribution < 1.29 is 14.3 Å². The van der Waals surface area contributed by atoms with Crippen LogP contribution in [0.15, 0.2) is 11.0 Å². The van der Waals surface area contributed by atoms with Gasteiger partial charge in [0.2, 0.25) is 5.91 Å². The van der Waals surface area contributed by atoms with Gasteiger partial charge in [-0.25, -0.2) is 4.68 Å². The first-order valence-corrected chi connectivity index (χ1v) is 7.77. The third-order valence-electron chi connectivity index (χ3n) is 3.79. The third-order valence-corrected chi connectivity index (χ3v) is 4.14. The Morgan fingerprint density at radius 3 is 2.65 bits per heavy atom. The number of primary amides is 1. The van der Waals surface area contributed by atoms with E-state index in [0.29, 0.717) is 31.6 Å². The molecule has 9 heteroatoms. The molecule has 1 aliphatic heterocycles. The van der Waals surface area contributed by atoms with Crippen molar-refractivity contribution >= 4 is 29.2 Å². The van der Waals surface area contributed by atoms with Crippen molar-refractivity contribution in [1.82, 2.24) is 9.78 Å². The van der Waals surface area contributed by atoms with E-state index < -0.39 is 11.5 Å². The minimum absolute atomic E-state index is 0.00169. The highest BCUT2D eigenvalue weighted by Crippen LogP contribution is 2.26. The average Bonchev–Trinajstić information content (AvgIpc) is 2.52. The fraction of sp³-hybridized carbons (Fsp3) is 0.571. The molecule has 1 amide bonds. The monoisotopic (exact) mass is 342 g/mol. The Bertz CT molecular complexity index is 653. The van der Waals surface area contributed by atoms with E-state index >= 15 is 0 Å². The van der Waals surface area contributed by atoms with E-state index in [0.717, 1.165) is 4.68 Å². The largest absolute Gasteiger partial charge is 0.465 e. The number of hydrogen-bond acceptors (Lipinski definition) is 6. The van der Waals surface area contributed by atoms with Gasteiger partial charge < -0.3 is 15.4 Å². The number of nitrogens with two attached hydrogens (primary N) is 1. The van der Waals surface area contributed by atoms with Gasteiger partial charge in [-0.3, -0.25) is 14.4 Å². The van der Waals surface area contributed by atoms with Crippen LogP contribution in [0.3, 0.4) is 0 Å². The van der Waals surface area contributed by atoms with Crippen LogP contribution in [0.25, 0.3) is 0 Å². The average molecular weight is 343 g/mol. The van der Waals surface area contributed by atoms with Crippen molar-refractivity contribution in [2.75, 3.05) is 24.6 Å². The Morgan fingerprint density at radius 2 is 2.09 bits per heavy atom. The van der Waals surface area contributed by atoms with Crippen molar-refractivity contribution in [3.63, 3.8) is 0 Å². The van der Waals surface area contributed by atoms with E-state index in [1.165, 1.54) is 6.20 Å². The van der Waals surface area contributed by atoms with E-state index in [4.69, 9.17) is 22.1 Å². The SMILES string of the molecule is CCOC(=O)Cn1ncc(N2CCC(C(N)=O)CC2)c(Cl)c1=O. The number of amides is 1. The molecule has 1 aliphatic rings. The highest BCUT2D eigenvalue weighted by Gasteiger charge is 2.25. The Labute approximate surface area is 138 Å². The van der Waals surface area contributed by atoms with Gasteiger partial charge in [-0.15, -0.1) is 0 Å². The summed E-state index contributed by atoms with van der Waals surface area (Å²) in [5.41, 5.74) is 5.26. The molecule has 126 valence electrons. The summed E-state index contributed by atoms with van der Waals surface area (Å²) < 4.78 is 5.76. The fourth-order valence-corrected chi connectivity index (χ4v) is 2.79. The third kappa shape index (κ3) is 4.01. The molecule has 1 fully saturated rings. The van der Waals surface area contributed by atoms with E-state index in [-0.39, 0.29) is 30.0 Å². The summed E-state index contributed by atoms with van der Waals surface area (Å²) in [6.07, 6.45) is 2.67. The number of anilines is 1. The molecule has 0 bridgehead atoms. The van der Waals surface area contributed by atoms with Crippen molar-refractivity contribution in [2.24, 2.45) is 11.7 Å². The Kier molecular flexibility index (Phi) is 5.59. The molecule has 2 heterocycles. The minimum atomic E-state index is -0.548. The highest BCUT2D eigenvalue weighted by atomic mass is 35.5. The minimum Gasteiger partial charge on any atom is -0.465 e. The number of carbonyl (C=O) groups is 2. The zero-order valence-electron chi connectivity index (χ0n) is 12.8. The summed E-state index contributed by atoms with van der Waals surface area (Å²) in [5.74, 6) is -1.01. The smallest absolute Gasteiger partial charge is 0.327 e. The maximum atomic E-state index is 12.2. The lowest BCUT2D eigenvalue weighted by molar-refractivity contribution is -0.144. The molecule has 0 radical (unpaired) electrons. The maximum Gasteiger partial charge on any atom is 0.327 e. The number of piperidine rings is 1. The lowest BCUT2D eigenvalue weighted by Gasteiger charge is -2.32. The van der Waals surface area contributed by atoms with Crippen LogP contribution in [-0.2, 0) is 20.9 Å².